The van der Waals surface area contributed by atoms with Crippen LogP contribution in [0.15, 0.2) is 12.3 Å². The lowest BCUT2D eigenvalue weighted by Crippen LogP contribution is -2.27. The lowest BCUT2D eigenvalue weighted by molar-refractivity contribution is 0.0526. The number of carbonyl (C=O) groups is 2. The van der Waals surface area contributed by atoms with Crippen molar-refractivity contribution in [3.63, 3.8) is 0 Å². The van der Waals surface area contributed by atoms with Crippen LogP contribution in [-0.2, 0) is 9.47 Å². The highest BCUT2D eigenvalue weighted by Crippen LogP contribution is 2.25. The van der Waals surface area contributed by atoms with E-state index in [1.165, 1.54) is 16.8 Å². The summed E-state index contributed by atoms with van der Waals surface area (Å²) in [4.78, 5) is 23.9. The molecule has 2 aromatic heterocycles. The number of fused-ring (bicyclic) bond motifs is 1. The maximum absolute atomic E-state index is 14.8. The summed E-state index contributed by atoms with van der Waals surface area (Å²) in [5.74, 6) is -1.45. The molecule has 1 N–H and O–H groups in total. The normalized spacial score (nSPS) is 11.4. The zero-order valence-corrected chi connectivity index (χ0v) is 14.3. The lowest BCUT2D eigenvalue weighted by Gasteiger charge is -2.19. The van der Waals surface area contributed by atoms with Gasteiger partial charge >= 0.3 is 12.1 Å². The Labute approximate surface area is 138 Å². The molecule has 0 aromatic carbocycles. The topological polar surface area (TPSA) is 81.9 Å². The SMILES string of the molecule is CCOC(=O)c1c(C)nn2ccc(NC(=O)OC(C)(C)C)c(F)c12. The molecule has 0 aliphatic carbocycles. The van der Waals surface area contributed by atoms with Crippen molar-refractivity contribution in [2.75, 3.05) is 11.9 Å². The van der Waals surface area contributed by atoms with E-state index in [1.54, 1.807) is 34.6 Å². The molecule has 0 bridgehead atoms. The summed E-state index contributed by atoms with van der Waals surface area (Å²) in [5.41, 5.74) is -0.515. The molecule has 1 amide bonds. The van der Waals surface area contributed by atoms with E-state index < -0.39 is 23.5 Å². The summed E-state index contributed by atoms with van der Waals surface area (Å²) < 4.78 is 26.1. The van der Waals surface area contributed by atoms with Crippen molar-refractivity contribution in [2.45, 2.75) is 40.2 Å². The van der Waals surface area contributed by atoms with Crippen LogP contribution in [0.25, 0.3) is 5.52 Å². The fourth-order valence-electron chi connectivity index (χ4n) is 2.17. The van der Waals surface area contributed by atoms with Crippen molar-refractivity contribution in [1.29, 1.82) is 0 Å². The molecular formula is C16H20FN3O4. The second kappa shape index (κ2) is 6.46. The van der Waals surface area contributed by atoms with Gasteiger partial charge in [0.1, 0.15) is 16.7 Å². The zero-order valence-electron chi connectivity index (χ0n) is 14.3. The Morgan fingerprint density at radius 3 is 2.62 bits per heavy atom. The van der Waals surface area contributed by atoms with Crippen LogP contribution in [0, 0.1) is 12.7 Å². The maximum atomic E-state index is 14.8. The number of aromatic nitrogens is 2. The van der Waals surface area contributed by atoms with Crippen molar-refractivity contribution in [3.05, 3.63) is 29.3 Å². The van der Waals surface area contributed by atoms with Crippen molar-refractivity contribution < 1.29 is 23.5 Å². The number of hydrogen-bond donors (Lipinski definition) is 1. The summed E-state index contributed by atoms with van der Waals surface area (Å²) in [5, 5.41) is 6.43. The van der Waals surface area contributed by atoms with E-state index in [4.69, 9.17) is 9.47 Å². The molecule has 0 saturated heterocycles. The standard InChI is InChI=1S/C16H20FN3O4/c1-6-23-14(21)11-9(2)19-20-8-7-10(12(17)13(11)20)18-15(22)24-16(3,4)5/h7-8H,6H2,1-5H3,(H,18,22). The fourth-order valence-corrected chi connectivity index (χ4v) is 2.17. The van der Waals surface area contributed by atoms with Gasteiger partial charge in [0.15, 0.2) is 5.82 Å². The van der Waals surface area contributed by atoms with Gasteiger partial charge in [-0.05, 0) is 40.7 Å². The molecule has 0 aliphatic heterocycles. The number of rotatable bonds is 3. The maximum Gasteiger partial charge on any atom is 0.412 e. The molecule has 0 spiro atoms. The average Bonchev–Trinajstić information content (AvgIpc) is 2.77. The predicted octanol–water partition coefficient (Wildman–Crippen LogP) is 3.31. The Kier molecular flexibility index (Phi) is 4.77. The third-order valence-corrected chi connectivity index (χ3v) is 3.03. The number of anilines is 1. The van der Waals surface area contributed by atoms with Gasteiger partial charge in [-0.15, -0.1) is 0 Å². The number of amides is 1. The third-order valence-electron chi connectivity index (χ3n) is 3.03. The van der Waals surface area contributed by atoms with Crippen molar-refractivity contribution in [1.82, 2.24) is 9.61 Å². The molecule has 0 radical (unpaired) electrons. The van der Waals surface area contributed by atoms with Gasteiger partial charge in [0.05, 0.1) is 18.0 Å². The monoisotopic (exact) mass is 337 g/mol. The first kappa shape index (κ1) is 17.7. The molecule has 130 valence electrons. The van der Waals surface area contributed by atoms with E-state index >= 15 is 0 Å². The number of ether oxygens (including phenoxy) is 2. The molecule has 2 heterocycles. The van der Waals surface area contributed by atoms with Crippen LogP contribution in [0.4, 0.5) is 14.9 Å². The molecule has 0 unspecified atom stereocenters. The highest BCUT2D eigenvalue weighted by molar-refractivity contribution is 5.99. The molecular weight excluding hydrogens is 317 g/mol. The van der Waals surface area contributed by atoms with E-state index in [1.807, 2.05) is 0 Å². The summed E-state index contributed by atoms with van der Waals surface area (Å²) in [6, 6.07) is 1.34. The van der Waals surface area contributed by atoms with Gasteiger partial charge in [-0.3, -0.25) is 5.32 Å². The number of halogens is 1. The highest BCUT2D eigenvalue weighted by Gasteiger charge is 2.24. The molecule has 7 nitrogen and oxygen atoms in total. The highest BCUT2D eigenvalue weighted by atomic mass is 19.1. The largest absolute Gasteiger partial charge is 0.462 e. The van der Waals surface area contributed by atoms with Crippen LogP contribution < -0.4 is 5.32 Å². The van der Waals surface area contributed by atoms with Gasteiger partial charge in [0.25, 0.3) is 0 Å². The average molecular weight is 337 g/mol. The first-order valence-electron chi connectivity index (χ1n) is 7.48. The Bertz CT molecular complexity index is 793. The van der Waals surface area contributed by atoms with Crippen LogP contribution in [0.1, 0.15) is 43.7 Å². The van der Waals surface area contributed by atoms with E-state index in [0.29, 0.717) is 5.69 Å². The molecule has 0 fully saturated rings. The van der Waals surface area contributed by atoms with Gasteiger partial charge in [-0.2, -0.15) is 5.10 Å². The van der Waals surface area contributed by atoms with Gasteiger partial charge in [0, 0.05) is 6.20 Å². The second-order valence-corrected chi connectivity index (χ2v) is 6.14. The van der Waals surface area contributed by atoms with Gasteiger partial charge in [-0.1, -0.05) is 0 Å². The zero-order chi connectivity index (χ0) is 18.1. The Balaban J connectivity index is 2.44. The molecule has 0 aliphatic rings. The summed E-state index contributed by atoms with van der Waals surface area (Å²) in [6.07, 6.45) is 0.653. The van der Waals surface area contributed by atoms with Crippen LogP contribution in [0.3, 0.4) is 0 Å². The number of esters is 1. The summed E-state index contributed by atoms with van der Waals surface area (Å²) >= 11 is 0. The first-order chi connectivity index (χ1) is 11.1. The number of nitrogens with zero attached hydrogens (tertiary/aromatic N) is 2. The van der Waals surface area contributed by atoms with Gasteiger partial charge in [0.2, 0.25) is 0 Å². The number of pyridine rings is 1. The van der Waals surface area contributed by atoms with E-state index in [2.05, 4.69) is 10.4 Å². The first-order valence-corrected chi connectivity index (χ1v) is 7.48. The van der Waals surface area contributed by atoms with Crippen LogP contribution in [-0.4, -0.2) is 33.9 Å². The van der Waals surface area contributed by atoms with Crippen LogP contribution >= 0.6 is 0 Å². The van der Waals surface area contributed by atoms with Crippen molar-refractivity contribution in [3.8, 4) is 0 Å². The molecule has 2 rings (SSSR count). The Hall–Kier alpha value is -2.64. The third kappa shape index (κ3) is 3.64. The van der Waals surface area contributed by atoms with E-state index in [0.717, 1.165) is 0 Å². The Morgan fingerprint density at radius 2 is 2.04 bits per heavy atom. The number of carbonyl (C=O) groups excluding carboxylic acids is 2. The molecule has 24 heavy (non-hydrogen) atoms. The molecule has 0 saturated carbocycles. The van der Waals surface area contributed by atoms with Crippen molar-refractivity contribution >= 4 is 23.3 Å². The van der Waals surface area contributed by atoms with Gasteiger partial charge in [-0.25, -0.2) is 18.5 Å². The quantitative estimate of drug-likeness (QED) is 0.869. The second-order valence-electron chi connectivity index (χ2n) is 6.14. The molecule has 8 heteroatoms. The minimum atomic E-state index is -0.792. The number of aryl methyl sites for hydroxylation is 1. The van der Waals surface area contributed by atoms with E-state index in [9.17, 15) is 14.0 Å². The minimum absolute atomic E-state index is 0.0298. The number of nitrogens with one attached hydrogen (secondary N) is 1. The summed E-state index contributed by atoms with van der Waals surface area (Å²) in [7, 11) is 0. The summed E-state index contributed by atoms with van der Waals surface area (Å²) in [6.45, 7) is 8.50. The van der Waals surface area contributed by atoms with Crippen molar-refractivity contribution in [2.24, 2.45) is 0 Å². The predicted molar refractivity (Wildman–Crippen MR) is 85.7 cm³/mol. The smallest absolute Gasteiger partial charge is 0.412 e. The fraction of sp³-hybridized carbons (Fsp3) is 0.438. The van der Waals surface area contributed by atoms with Gasteiger partial charge < -0.3 is 9.47 Å². The lowest BCUT2D eigenvalue weighted by atomic mass is 10.2. The molecule has 2 aromatic rings. The van der Waals surface area contributed by atoms with Crippen LogP contribution in [0.5, 0.6) is 0 Å². The number of hydrogen-bond acceptors (Lipinski definition) is 5. The minimum Gasteiger partial charge on any atom is -0.462 e. The molecule has 0 atom stereocenters. The Morgan fingerprint density at radius 1 is 1.38 bits per heavy atom. The van der Waals surface area contributed by atoms with Crippen LogP contribution in [0.2, 0.25) is 0 Å². The van der Waals surface area contributed by atoms with E-state index in [-0.39, 0.29) is 23.4 Å².